The lowest BCUT2D eigenvalue weighted by molar-refractivity contribution is 0.136. The van der Waals surface area contributed by atoms with Gasteiger partial charge in [-0.1, -0.05) is 24.6 Å². The largest absolute Gasteiger partial charge is 0.496 e. The smallest absolute Gasteiger partial charge is 0.222 e. The van der Waals surface area contributed by atoms with Gasteiger partial charge in [0.2, 0.25) is 5.95 Å². The molecule has 5 nitrogen and oxygen atoms in total. The van der Waals surface area contributed by atoms with Gasteiger partial charge in [-0.05, 0) is 31.5 Å². The standard InChI is InChI=1S/C18H24N4O/c1-19-18-20-11-10-15(21-18)16-8-5-6-12-22(16)13-14-7-3-4-9-17(14)23-2/h3-4,7,9-11,16H,5-6,8,12-13H2,1-2H3,(H,19,20,21). The molecule has 1 aromatic carbocycles. The summed E-state index contributed by atoms with van der Waals surface area (Å²) in [5.74, 6) is 1.64. The Balaban J connectivity index is 1.83. The first kappa shape index (κ1) is 15.7. The number of nitrogens with one attached hydrogen (secondary N) is 1. The molecule has 1 fully saturated rings. The van der Waals surface area contributed by atoms with E-state index in [0.717, 1.165) is 31.0 Å². The zero-order valence-corrected chi connectivity index (χ0v) is 13.8. The van der Waals surface area contributed by atoms with E-state index in [2.05, 4.69) is 32.3 Å². The first-order valence-corrected chi connectivity index (χ1v) is 8.18. The third-order valence-electron chi connectivity index (χ3n) is 4.42. The lowest BCUT2D eigenvalue weighted by Gasteiger charge is -2.35. The van der Waals surface area contributed by atoms with E-state index in [4.69, 9.17) is 4.74 Å². The molecule has 0 spiro atoms. The molecule has 2 heterocycles. The molecule has 3 rings (SSSR count). The number of rotatable bonds is 5. The fourth-order valence-corrected chi connectivity index (χ4v) is 3.25. The molecule has 0 saturated carbocycles. The van der Waals surface area contributed by atoms with Gasteiger partial charge in [0, 0.05) is 25.4 Å². The van der Waals surface area contributed by atoms with Gasteiger partial charge in [0.1, 0.15) is 5.75 Å². The third-order valence-corrected chi connectivity index (χ3v) is 4.42. The van der Waals surface area contributed by atoms with Crippen molar-refractivity contribution in [2.45, 2.75) is 31.8 Å². The van der Waals surface area contributed by atoms with Crippen LogP contribution >= 0.6 is 0 Å². The van der Waals surface area contributed by atoms with Gasteiger partial charge in [0.25, 0.3) is 0 Å². The fraction of sp³-hybridized carbons (Fsp3) is 0.444. The second kappa shape index (κ2) is 7.42. The maximum Gasteiger partial charge on any atom is 0.222 e. The quantitative estimate of drug-likeness (QED) is 0.918. The van der Waals surface area contributed by atoms with Gasteiger partial charge in [0.15, 0.2) is 0 Å². The molecular weight excluding hydrogens is 288 g/mol. The Kier molecular flexibility index (Phi) is 5.08. The average Bonchev–Trinajstić information content (AvgIpc) is 2.62. The molecule has 1 saturated heterocycles. The van der Waals surface area contributed by atoms with Crippen molar-refractivity contribution in [3.63, 3.8) is 0 Å². The Bertz CT molecular complexity index is 646. The molecule has 1 aliphatic heterocycles. The number of methoxy groups -OCH3 is 1. The van der Waals surface area contributed by atoms with E-state index in [1.807, 2.05) is 31.4 Å². The van der Waals surface area contributed by atoms with Gasteiger partial charge >= 0.3 is 0 Å². The van der Waals surface area contributed by atoms with Crippen molar-refractivity contribution in [2.75, 3.05) is 26.0 Å². The molecule has 0 radical (unpaired) electrons. The third kappa shape index (κ3) is 3.62. The van der Waals surface area contributed by atoms with Gasteiger partial charge < -0.3 is 10.1 Å². The molecular formula is C18H24N4O. The van der Waals surface area contributed by atoms with Crippen molar-refractivity contribution >= 4 is 5.95 Å². The van der Waals surface area contributed by atoms with Gasteiger partial charge in [-0.2, -0.15) is 0 Å². The number of hydrogen-bond donors (Lipinski definition) is 1. The first-order chi connectivity index (χ1) is 11.3. The zero-order valence-electron chi connectivity index (χ0n) is 13.8. The number of likely N-dealkylation sites (tertiary alicyclic amines) is 1. The van der Waals surface area contributed by atoms with E-state index < -0.39 is 0 Å². The van der Waals surface area contributed by atoms with E-state index in [1.54, 1.807) is 7.11 Å². The van der Waals surface area contributed by atoms with Crippen LogP contribution in [0.3, 0.4) is 0 Å². The highest BCUT2D eigenvalue weighted by molar-refractivity contribution is 5.33. The number of anilines is 1. The summed E-state index contributed by atoms with van der Waals surface area (Å²) < 4.78 is 5.50. The second-order valence-electron chi connectivity index (χ2n) is 5.85. The summed E-state index contributed by atoms with van der Waals surface area (Å²) in [6, 6.07) is 10.6. The van der Waals surface area contributed by atoms with Crippen molar-refractivity contribution in [1.29, 1.82) is 0 Å². The molecule has 122 valence electrons. The molecule has 1 N–H and O–H groups in total. The zero-order chi connectivity index (χ0) is 16.1. The van der Waals surface area contributed by atoms with Crippen molar-refractivity contribution < 1.29 is 4.74 Å². The van der Waals surface area contributed by atoms with Crippen LogP contribution in [0, 0.1) is 0 Å². The molecule has 23 heavy (non-hydrogen) atoms. The van der Waals surface area contributed by atoms with Crippen molar-refractivity contribution in [2.24, 2.45) is 0 Å². The van der Waals surface area contributed by atoms with Crippen LogP contribution in [0.15, 0.2) is 36.5 Å². The Labute approximate surface area is 137 Å². The Morgan fingerprint density at radius 1 is 1.26 bits per heavy atom. The lowest BCUT2D eigenvalue weighted by atomic mass is 9.98. The minimum Gasteiger partial charge on any atom is -0.496 e. The molecule has 1 aliphatic rings. The first-order valence-electron chi connectivity index (χ1n) is 8.18. The van der Waals surface area contributed by atoms with Crippen molar-refractivity contribution in [3.05, 3.63) is 47.8 Å². The van der Waals surface area contributed by atoms with Crippen molar-refractivity contribution in [3.8, 4) is 5.75 Å². The molecule has 5 heteroatoms. The number of benzene rings is 1. The van der Waals surface area contributed by atoms with E-state index in [1.165, 1.54) is 18.4 Å². The van der Waals surface area contributed by atoms with E-state index >= 15 is 0 Å². The molecule has 0 bridgehead atoms. The van der Waals surface area contributed by atoms with Crippen LogP contribution in [0.25, 0.3) is 0 Å². The molecule has 2 aromatic rings. The maximum atomic E-state index is 5.50. The Morgan fingerprint density at radius 2 is 2.13 bits per heavy atom. The minimum absolute atomic E-state index is 0.337. The maximum absolute atomic E-state index is 5.50. The lowest BCUT2D eigenvalue weighted by Crippen LogP contribution is -2.33. The number of nitrogens with zero attached hydrogens (tertiary/aromatic N) is 3. The number of hydrogen-bond acceptors (Lipinski definition) is 5. The molecule has 1 atom stereocenters. The highest BCUT2D eigenvalue weighted by Gasteiger charge is 2.26. The molecule has 0 aliphatic carbocycles. The normalized spacial score (nSPS) is 18.6. The number of aromatic nitrogens is 2. The van der Waals surface area contributed by atoms with Gasteiger partial charge in [0.05, 0.1) is 18.8 Å². The van der Waals surface area contributed by atoms with Crippen LogP contribution in [0.4, 0.5) is 5.95 Å². The summed E-state index contributed by atoms with van der Waals surface area (Å²) in [5.41, 5.74) is 2.32. The summed E-state index contributed by atoms with van der Waals surface area (Å²) in [6.07, 6.45) is 5.45. The van der Waals surface area contributed by atoms with Crippen molar-refractivity contribution in [1.82, 2.24) is 14.9 Å². The Morgan fingerprint density at radius 3 is 2.96 bits per heavy atom. The second-order valence-corrected chi connectivity index (χ2v) is 5.85. The van der Waals surface area contributed by atoms with Crippen LogP contribution in [0.2, 0.25) is 0 Å². The number of ether oxygens (including phenoxy) is 1. The summed E-state index contributed by atoms with van der Waals surface area (Å²) in [7, 11) is 3.59. The predicted molar refractivity (Wildman–Crippen MR) is 91.6 cm³/mol. The molecule has 1 unspecified atom stereocenters. The number of para-hydroxylation sites is 1. The predicted octanol–water partition coefficient (Wildman–Crippen LogP) is 3.25. The molecule has 0 amide bonds. The van der Waals surface area contributed by atoms with Crippen LogP contribution in [-0.2, 0) is 6.54 Å². The monoisotopic (exact) mass is 312 g/mol. The summed E-state index contributed by atoms with van der Waals surface area (Å²) in [4.78, 5) is 11.4. The van der Waals surface area contributed by atoms with Crippen LogP contribution in [0.1, 0.15) is 36.6 Å². The van der Waals surface area contributed by atoms with Gasteiger partial charge in [-0.3, -0.25) is 4.90 Å². The van der Waals surface area contributed by atoms with Gasteiger partial charge in [-0.15, -0.1) is 0 Å². The van der Waals surface area contributed by atoms with Crippen LogP contribution in [-0.4, -0.2) is 35.6 Å². The van der Waals surface area contributed by atoms with Gasteiger partial charge in [-0.25, -0.2) is 9.97 Å². The SMILES string of the molecule is CNc1nccc(C2CCCCN2Cc2ccccc2OC)n1. The van der Waals surface area contributed by atoms with E-state index in [9.17, 15) is 0 Å². The highest BCUT2D eigenvalue weighted by Crippen LogP contribution is 2.32. The van der Waals surface area contributed by atoms with Crippen LogP contribution in [0.5, 0.6) is 5.75 Å². The van der Waals surface area contributed by atoms with Crippen LogP contribution < -0.4 is 10.1 Å². The number of piperidine rings is 1. The van der Waals surface area contributed by atoms with E-state index in [0.29, 0.717) is 12.0 Å². The minimum atomic E-state index is 0.337. The average molecular weight is 312 g/mol. The summed E-state index contributed by atoms with van der Waals surface area (Å²) in [5, 5.41) is 3.03. The highest BCUT2D eigenvalue weighted by atomic mass is 16.5. The van der Waals surface area contributed by atoms with E-state index in [-0.39, 0.29) is 0 Å². The molecule has 1 aromatic heterocycles. The fourth-order valence-electron chi connectivity index (χ4n) is 3.25. The topological polar surface area (TPSA) is 50.3 Å². The Hall–Kier alpha value is -2.14. The summed E-state index contributed by atoms with van der Waals surface area (Å²) >= 11 is 0. The summed E-state index contributed by atoms with van der Waals surface area (Å²) in [6.45, 7) is 1.97.